The highest BCUT2D eigenvalue weighted by Gasteiger charge is 2.19. The van der Waals surface area contributed by atoms with Crippen LogP contribution in [0.1, 0.15) is 17.0 Å². The molecule has 4 aromatic rings. The number of nitrogens with zero attached hydrogens (tertiary/aromatic N) is 3. The number of ether oxygens (including phenoxy) is 1. The summed E-state index contributed by atoms with van der Waals surface area (Å²) in [7, 11) is 0. The molecule has 6 nitrogen and oxygen atoms in total. The first-order valence-corrected chi connectivity index (χ1v) is 11.7. The molecule has 1 aliphatic rings. The minimum atomic E-state index is 0.108. The topological polar surface area (TPSA) is 67.4 Å². The average molecular weight is 453 g/mol. The van der Waals surface area contributed by atoms with Crippen LogP contribution in [0.4, 0.5) is 17.2 Å². The number of rotatable bonds is 7. The van der Waals surface area contributed by atoms with Crippen LogP contribution in [-0.4, -0.2) is 42.1 Å². The summed E-state index contributed by atoms with van der Waals surface area (Å²) in [5.41, 5.74) is 5.07. The van der Waals surface area contributed by atoms with Gasteiger partial charge in [0.1, 0.15) is 17.4 Å². The normalized spacial score (nSPS) is 13.7. The van der Waals surface area contributed by atoms with Crippen LogP contribution < -0.4 is 10.2 Å². The molecule has 0 spiro atoms. The first-order chi connectivity index (χ1) is 16.6. The van der Waals surface area contributed by atoms with Crippen molar-refractivity contribution in [2.45, 2.75) is 19.8 Å². The Morgan fingerprint density at radius 1 is 0.912 bits per heavy atom. The lowest BCUT2D eigenvalue weighted by atomic mass is 10.1. The van der Waals surface area contributed by atoms with Crippen molar-refractivity contribution in [3.8, 4) is 0 Å². The summed E-state index contributed by atoms with van der Waals surface area (Å²) < 4.78 is 5.56. The molecule has 6 heteroatoms. The number of carbonyl (C=O) groups excluding carboxylic acids is 1. The molecule has 0 radical (unpaired) electrons. The molecule has 2 heterocycles. The van der Waals surface area contributed by atoms with Gasteiger partial charge in [0.2, 0.25) is 0 Å². The molecule has 0 atom stereocenters. The molecule has 1 saturated heterocycles. The van der Waals surface area contributed by atoms with Crippen LogP contribution >= 0.6 is 0 Å². The number of benzene rings is 3. The van der Waals surface area contributed by atoms with Crippen LogP contribution in [0.15, 0.2) is 72.8 Å². The lowest BCUT2D eigenvalue weighted by Gasteiger charge is -2.29. The van der Waals surface area contributed by atoms with Gasteiger partial charge in [-0.1, -0.05) is 42.5 Å². The van der Waals surface area contributed by atoms with Gasteiger partial charge in [0, 0.05) is 36.3 Å². The third-order valence-electron chi connectivity index (χ3n) is 5.94. The van der Waals surface area contributed by atoms with Gasteiger partial charge in [0.15, 0.2) is 0 Å². The Morgan fingerprint density at radius 2 is 1.71 bits per heavy atom. The second kappa shape index (κ2) is 10.0. The van der Waals surface area contributed by atoms with Gasteiger partial charge in [0.05, 0.1) is 25.2 Å². The molecule has 1 aromatic heterocycles. The van der Waals surface area contributed by atoms with Gasteiger partial charge in [-0.05, 0) is 48.4 Å². The maximum absolute atomic E-state index is 12.8. The number of nitrogens with one attached hydrogen (secondary N) is 1. The molecule has 0 amide bonds. The fourth-order valence-electron chi connectivity index (χ4n) is 4.28. The molecule has 34 heavy (non-hydrogen) atoms. The lowest BCUT2D eigenvalue weighted by molar-refractivity contribution is -0.117. The van der Waals surface area contributed by atoms with Crippen molar-refractivity contribution < 1.29 is 9.53 Å². The number of aromatic nitrogens is 2. The zero-order valence-electron chi connectivity index (χ0n) is 19.3. The van der Waals surface area contributed by atoms with Crippen LogP contribution in [0, 0.1) is 6.92 Å². The van der Waals surface area contributed by atoms with Crippen LogP contribution in [0.25, 0.3) is 10.9 Å². The molecule has 0 bridgehead atoms. The monoisotopic (exact) mass is 452 g/mol. The SMILES string of the molecule is Cc1cccc(Nc2ccc3nc(CC(=O)Cc4ccccc4)nc(N4CCOCC4)c3c2)c1. The van der Waals surface area contributed by atoms with Crippen LogP contribution in [-0.2, 0) is 22.4 Å². The Labute approximate surface area is 199 Å². The molecule has 5 rings (SSSR count). The van der Waals surface area contributed by atoms with Crippen LogP contribution in [0.5, 0.6) is 0 Å². The predicted molar refractivity (Wildman–Crippen MR) is 136 cm³/mol. The molecule has 172 valence electrons. The molecule has 0 aliphatic carbocycles. The lowest BCUT2D eigenvalue weighted by Crippen LogP contribution is -2.37. The van der Waals surface area contributed by atoms with E-state index in [1.165, 1.54) is 5.56 Å². The largest absolute Gasteiger partial charge is 0.378 e. The summed E-state index contributed by atoms with van der Waals surface area (Å²) in [6.07, 6.45) is 0.597. The molecule has 0 unspecified atom stereocenters. The maximum Gasteiger partial charge on any atom is 0.144 e. The number of aryl methyl sites for hydroxylation is 1. The first-order valence-electron chi connectivity index (χ1n) is 11.7. The van der Waals surface area contributed by atoms with Gasteiger partial charge in [-0.2, -0.15) is 0 Å². The fraction of sp³-hybridized carbons (Fsp3) is 0.250. The van der Waals surface area contributed by atoms with E-state index < -0.39 is 0 Å². The number of Topliss-reactive ketones (excluding diaryl/α,β-unsaturated/α-hetero) is 1. The summed E-state index contributed by atoms with van der Waals surface area (Å²) in [5.74, 6) is 1.54. The summed E-state index contributed by atoms with van der Waals surface area (Å²) in [6, 6.07) is 24.2. The van der Waals surface area contributed by atoms with Crippen LogP contribution in [0.2, 0.25) is 0 Å². The van der Waals surface area contributed by atoms with Crippen molar-refractivity contribution >= 4 is 33.9 Å². The Morgan fingerprint density at radius 3 is 2.50 bits per heavy atom. The summed E-state index contributed by atoms with van der Waals surface area (Å²) in [4.78, 5) is 24.6. The number of fused-ring (bicyclic) bond motifs is 1. The van der Waals surface area contributed by atoms with Crippen molar-refractivity contribution in [1.29, 1.82) is 0 Å². The number of carbonyl (C=O) groups is 1. The van der Waals surface area contributed by atoms with E-state index in [0.717, 1.165) is 46.7 Å². The van der Waals surface area contributed by atoms with Crippen molar-refractivity contribution in [2.24, 2.45) is 0 Å². The first kappa shape index (κ1) is 22.0. The van der Waals surface area contributed by atoms with Gasteiger partial charge < -0.3 is 15.0 Å². The zero-order valence-corrected chi connectivity index (χ0v) is 19.3. The van der Waals surface area contributed by atoms with Crippen molar-refractivity contribution in [3.63, 3.8) is 0 Å². The van der Waals surface area contributed by atoms with Crippen molar-refractivity contribution in [2.75, 3.05) is 36.5 Å². The van der Waals surface area contributed by atoms with E-state index in [4.69, 9.17) is 14.7 Å². The number of hydrogen-bond donors (Lipinski definition) is 1. The van der Waals surface area contributed by atoms with Gasteiger partial charge in [-0.3, -0.25) is 4.79 Å². The Balaban J connectivity index is 1.46. The van der Waals surface area contributed by atoms with Gasteiger partial charge in [0.25, 0.3) is 0 Å². The minimum absolute atomic E-state index is 0.108. The predicted octanol–water partition coefficient (Wildman–Crippen LogP) is 4.87. The van der Waals surface area contributed by atoms with E-state index >= 15 is 0 Å². The van der Waals surface area contributed by atoms with Gasteiger partial charge in [-0.15, -0.1) is 0 Å². The molecule has 0 saturated carbocycles. The van der Waals surface area contributed by atoms with E-state index in [9.17, 15) is 4.79 Å². The molecule has 1 fully saturated rings. The minimum Gasteiger partial charge on any atom is -0.378 e. The molecular weight excluding hydrogens is 424 g/mol. The second-order valence-electron chi connectivity index (χ2n) is 8.67. The second-order valence-corrected chi connectivity index (χ2v) is 8.67. The van der Waals surface area contributed by atoms with Gasteiger partial charge >= 0.3 is 0 Å². The third-order valence-corrected chi connectivity index (χ3v) is 5.94. The molecule has 3 aromatic carbocycles. The maximum atomic E-state index is 12.8. The van der Waals surface area contributed by atoms with E-state index in [0.29, 0.717) is 25.5 Å². The van der Waals surface area contributed by atoms with Crippen molar-refractivity contribution in [3.05, 3.63) is 89.7 Å². The van der Waals surface area contributed by atoms with Gasteiger partial charge in [-0.25, -0.2) is 9.97 Å². The number of morpholine rings is 1. The number of ketones is 1. The summed E-state index contributed by atoms with van der Waals surface area (Å²) >= 11 is 0. The highest BCUT2D eigenvalue weighted by atomic mass is 16.5. The third kappa shape index (κ3) is 5.24. The summed E-state index contributed by atoms with van der Waals surface area (Å²) in [6.45, 7) is 4.93. The highest BCUT2D eigenvalue weighted by Crippen LogP contribution is 2.29. The van der Waals surface area contributed by atoms with E-state index in [2.05, 4.69) is 41.4 Å². The quantitative estimate of drug-likeness (QED) is 0.431. The fourth-order valence-corrected chi connectivity index (χ4v) is 4.28. The average Bonchev–Trinajstić information content (AvgIpc) is 2.85. The van der Waals surface area contributed by atoms with E-state index in [1.54, 1.807) is 0 Å². The smallest absolute Gasteiger partial charge is 0.144 e. The number of hydrogen-bond acceptors (Lipinski definition) is 6. The standard InChI is InChI=1S/C28H28N4O2/c1-20-6-5-9-22(16-20)29-23-10-11-26-25(18-23)28(32-12-14-34-15-13-32)31-27(30-26)19-24(33)17-21-7-3-2-4-8-21/h2-11,16,18,29H,12-15,17,19H2,1H3. The molecule has 1 N–H and O–H groups in total. The molecule has 1 aliphatic heterocycles. The summed E-state index contributed by atoms with van der Waals surface area (Å²) in [5, 5.41) is 4.46. The highest BCUT2D eigenvalue weighted by molar-refractivity contribution is 5.93. The Bertz CT molecular complexity index is 1300. The van der Waals surface area contributed by atoms with E-state index in [1.807, 2.05) is 48.5 Å². The van der Waals surface area contributed by atoms with Crippen LogP contribution in [0.3, 0.4) is 0 Å². The van der Waals surface area contributed by atoms with Crippen molar-refractivity contribution in [1.82, 2.24) is 9.97 Å². The Hall–Kier alpha value is -3.77. The Kier molecular flexibility index (Phi) is 6.49. The number of anilines is 3. The molecular formula is C28H28N4O2. The zero-order chi connectivity index (χ0) is 23.3. The van der Waals surface area contributed by atoms with E-state index in [-0.39, 0.29) is 12.2 Å².